The molecule has 1 unspecified atom stereocenters. The fraction of sp³-hybridized carbons (Fsp3) is 0.286. The van der Waals surface area contributed by atoms with Crippen molar-refractivity contribution in [3.8, 4) is 34.5 Å². The Labute approximate surface area is 173 Å². The van der Waals surface area contributed by atoms with Crippen LogP contribution in [0.5, 0.6) is 23.0 Å². The third kappa shape index (κ3) is 4.29. The molecule has 0 aliphatic rings. The Morgan fingerprint density at radius 3 is 2.10 bits per heavy atom. The second kappa shape index (κ2) is 9.17. The lowest BCUT2D eigenvalue weighted by Gasteiger charge is -2.15. The van der Waals surface area contributed by atoms with E-state index in [1.54, 1.807) is 44.4 Å². The van der Waals surface area contributed by atoms with E-state index >= 15 is 0 Å². The van der Waals surface area contributed by atoms with Crippen LogP contribution in [0.3, 0.4) is 0 Å². The van der Waals surface area contributed by atoms with Gasteiger partial charge < -0.3 is 28.1 Å². The molecule has 3 rings (SSSR count). The summed E-state index contributed by atoms with van der Waals surface area (Å²) in [5, 5.41) is 8.00. The highest BCUT2D eigenvalue weighted by Crippen LogP contribution is 2.35. The van der Waals surface area contributed by atoms with Crippen molar-refractivity contribution in [2.24, 2.45) is 0 Å². The minimum absolute atomic E-state index is 0.161. The van der Waals surface area contributed by atoms with Crippen LogP contribution in [0.4, 0.5) is 0 Å². The van der Waals surface area contributed by atoms with E-state index in [0.29, 0.717) is 23.1 Å². The van der Waals surface area contributed by atoms with Gasteiger partial charge in [0.2, 0.25) is 5.89 Å². The maximum Gasteiger partial charge on any atom is 0.342 e. The van der Waals surface area contributed by atoms with E-state index in [0.717, 1.165) is 5.56 Å². The van der Waals surface area contributed by atoms with Gasteiger partial charge in [0.1, 0.15) is 17.1 Å². The minimum atomic E-state index is -0.783. The lowest BCUT2D eigenvalue weighted by molar-refractivity contribution is 0.0276. The largest absolute Gasteiger partial charge is 0.497 e. The van der Waals surface area contributed by atoms with E-state index in [1.165, 1.54) is 27.4 Å². The van der Waals surface area contributed by atoms with Crippen molar-refractivity contribution in [1.29, 1.82) is 0 Å². The number of nitrogens with zero attached hydrogens (tertiary/aromatic N) is 2. The van der Waals surface area contributed by atoms with Gasteiger partial charge in [-0.05, 0) is 31.2 Å². The van der Waals surface area contributed by atoms with Crippen LogP contribution in [0.1, 0.15) is 29.3 Å². The lowest BCUT2D eigenvalue weighted by Crippen LogP contribution is -2.11. The Hall–Kier alpha value is -3.75. The Bertz CT molecular complexity index is 1010. The van der Waals surface area contributed by atoms with Crippen LogP contribution in [-0.2, 0) is 4.74 Å². The van der Waals surface area contributed by atoms with Crippen molar-refractivity contribution in [2.45, 2.75) is 13.0 Å². The monoisotopic (exact) mass is 414 g/mol. The van der Waals surface area contributed by atoms with Crippen LogP contribution in [0.25, 0.3) is 11.5 Å². The molecule has 0 aliphatic carbocycles. The molecule has 1 aromatic heterocycles. The van der Waals surface area contributed by atoms with Crippen LogP contribution in [0.2, 0.25) is 0 Å². The van der Waals surface area contributed by atoms with Crippen LogP contribution in [0, 0.1) is 0 Å². The van der Waals surface area contributed by atoms with Crippen LogP contribution >= 0.6 is 0 Å². The van der Waals surface area contributed by atoms with Gasteiger partial charge in [-0.15, -0.1) is 10.2 Å². The Kier molecular flexibility index (Phi) is 6.41. The second-order valence-corrected chi connectivity index (χ2v) is 6.13. The molecule has 0 amide bonds. The van der Waals surface area contributed by atoms with Gasteiger partial charge in [0.25, 0.3) is 5.89 Å². The summed E-state index contributed by atoms with van der Waals surface area (Å²) in [6.45, 7) is 1.64. The van der Waals surface area contributed by atoms with Gasteiger partial charge in [-0.25, -0.2) is 4.79 Å². The molecule has 9 nitrogen and oxygen atoms in total. The summed E-state index contributed by atoms with van der Waals surface area (Å²) in [6, 6.07) is 10.2. The number of esters is 1. The molecule has 0 fully saturated rings. The Morgan fingerprint density at radius 1 is 0.867 bits per heavy atom. The van der Waals surface area contributed by atoms with Crippen LogP contribution in [0.15, 0.2) is 40.8 Å². The van der Waals surface area contributed by atoms with Crippen molar-refractivity contribution in [3.63, 3.8) is 0 Å². The van der Waals surface area contributed by atoms with Gasteiger partial charge in [-0.1, -0.05) is 0 Å². The van der Waals surface area contributed by atoms with Crippen molar-refractivity contribution in [3.05, 3.63) is 47.9 Å². The number of carbonyl (C=O) groups is 1. The van der Waals surface area contributed by atoms with E-state index in [-0.39, 0.29) is 17.2 Å². The number of carbonyl (C=O) groups excluding carboxylic acids is 1. The molecule has 0 spiro atoms. The van der Waals surface area contributed by atoms with Crippen molar-refractivity contribution >= 4 is 5.97 Å². The van der Waals surface area contributed by atoms with Crippen LogP contribution in [-0.4, -0.2) is 44.6 Å². The second-order valence-electron chi connectivity index (χ2n) is 6.13. The Morgan fingerprint density at radius 2 is 1.50 bits per heavy atom. The number of aromatic nitrogens is 2. The first-order valence-electron chi connectivity index (χ1n) is 8.99. The number of rotatable bonds is 8. The topological polar surface area (TPSA) is 102 Å². The van der Waals surface area contributed by atoms with Crippen LogP contribution < -0.4 is 18.9 Å². The number of methoxy groups -OCH3 is 4. The maximum atomic E-state index is 12.7. The number of benzene rings is 2. The van der Waals surface area contributed by atoms with Crippen molar-refractivity contribution in [2.75, 3.05) is 28.4 Å². The smallest absolute Gasteiger partial charge is 0.342 e. The molecular weight excluding hydrogens is 392 g/mol. The molecule has 0 bridgehead atoms. The van der Waals surface area contributed by atoms with E-state index in [9.17, 15) is 4.79 Å². The third-order valence-electron chi connectivity index (χ3n) is 4.33. The average molecular weight is 414 g/mol. The van der Waals surface area contributed by atoms with Gasteiger partial charge in [0.15, 0.2) is 17.6 Å². The standard InChI is InChI=1S/C21H22N2O7/c1-12(19-22-23-20(30-19)13-6-8-14(25-2)9-7-13)29-21(24)15-10-17(27-4)18(28-5)11-16(15)26-3/h6-12H,1-5H3. The molecule has 30 heavy (non-hydrogen) atoms. The fourth-order valence-electron chi connectivity index (χ4n) is 2.71. The van der Waals surface area contributed by atoms with Gasteiger partial charge in [0.05, 0.1) is 28.4 Å². The summed E-state index contributed by atoms with van der Waals surface area (Å²) in [5.74, 6) is 1.63. The SMILES string of the molecule is COc1ccc(-c2nnc(C(C)OC(=O)c3cc(OC)c(OC)cc3OC)o2)cc1. The molecule has 9 heteroatoms. The fourth-order valence-corrected chi connectivity index (χ4v) is 2.71. The first-order valence-corrected chi connectivity index (χ1v) is 8.99. The highest BCUT2D eigenvalue weighted by atomic mass is 16.6. The first kappa shape index (κ1) is 21.0. The average Bonchev–Trinajstić information content (AvgIpc) is 3.28. The number of hydrogen-bond donors (Lipinski definition) is 0. The molecule has 0 saturated carbocycles. The maximum absolute atomic E-state index is 12.7. The van der Waals surface area contributed by atoms with Crippen molar-refractivity contribution < 1.29 is 32.9 Å². The molecule has 0 N–H and O–H groups in total. The quantitative estimate of drug-likeness (QED) is 0.511. The molecule has 3 aromatic rings. The predicted octanol–water partition coefficient (Wildman–Crippen LogP) is 3.69. The van der Waals surface area contributed by atoms with Gasteiger partial charge in [-0.2, -0.15) is 0 Å². The summed E-state index contributed by atoms with van der Waals surface area (Å²) >= 11 is 0. The molecule has 0 aliphatic heterocycles. The lowest BCUT2D eigenvalue weighted by atomic mass is 10.1. The zero-order valence-electron chi connectivity index (χ0n) is 17.3. The Balaban J connectivity index is 1.78. The number of hydrogen-bond acceptors (Lipinski definition) is 9. The summed E-state index contributed by atoms with van der Waals surface area (Å²) in [7, 11) is 6.00. The van der Waals surface area contributed by atoms with Gasteiger partial charge >= 0.3 is 5.97 Å². The molecule has 1 atom stereocenters. The zero-order valence-corrected chi connectivity index (χ0v) is 17.3. The van der Waals surface area contributed by atoms with E-state index in [4.69, 9.17) is 28.1 Å². The molecule has 0 radical (unpaired) electrons. The molecule has 0 saturated heterocycles. The summed E-state index contributed by atoms with van der Waals surface area (Å²) in [4.78, 5) is 12.7. The first-order chi connectivity index (χ1) is 14.5. The third-order valence-corrected chi connectivity index (χ3v) is 4.33. The van der Waals surface area contributed by atoms with Gasteiger partial charge in [-0.3, -0.25) is 0 Å². The minimum Gasteiger partial charge on any atom is -0.497 e. The number of ether oxygens (including phenoxy) is 5. The normalized spacial score (nSPS) is 11.5. The summed E-state index contributed by atoms with van der Waals surface area (Å²) in [6.07, 6.45) is -0.783. The highest BCUT2D eigenvalue weighted by Gasteiger charge is 2.24. The van der Waals surface area contributed by atoms with E-state index in [1.807, 2.05) is 0 Å². The van der Waals surface area contributed by atoms with Gasteiger partial charge in [0, 0.05) is 17.7 Å². The molecule has 158 valence electrons. The summed E-state index contributed by atoms with van der Waals surface area (Å²) in [5.41, 5.74) is 0.895. The van der Waals surface area contributed by atoms with Crippen molar-refractivity contribution in [1.82, 2.24) is 10.2 Å². The molecular formula is C21H22N2O7. The zero-order chi connectivity index (χ0) is 21.7. The van der Waals surface area contributed by atoms with E-state index < -0.39 is 12.1 Å². The molecule has 1 heterocycles. The highest BCUT2D eigenvalue weighted by molar-refractivity contribution is 5.93. The van der Waals surface area contributed by atoms with E-state index in [2.05, 4.69) is 10.2 Å². The predicted molar refractivity (Wildman–Crippen MR) is 106 cm³/mol. The molecule has 2 aromatic carbocycles. The summed E-state index contributed by atoms with van der Waals surface area (Å²) < 4.78 is 32.0.